The SMILES string of the molecule is Cc1cc(SCC2=C(C(=O)OC(c3ccccc3)c3ccccc3)N3C(=O)[C@@H](NC(=O)C(=NOC(=O)c4cc(OC(=O)CCl)c(OC(=O)CCl)cc4C)c4nc(C(c5ccccc5)(c5ccccc5)c5ccccc5)sc4N)[C@H]3SC2)n2nc(C(=O)OC(c3ccccc3)c3ccccc3)nc2n1. The lowest BCUT2D eigenvalue weighted by atomic mass is 9.70. The van der Waals surface area contributed by atoms with Crippen molar-refractivity contribution in [3.8, 4) is 11.5 Å². The zero-order chi connectivity index (χ0) is 71.7. The summed E-state index contributed by atoms with van der Waals surface area (Å²) < 4.78 is 24.8. The van der Waals surface area contributed by atoms with Crippen LogP contribution in [0.25, 0.3) is 5.78 Å². The number of esters is 4. The number of nitrogens with one attached hydrogen (secondary N) is 1. The second-order valence-corrected chi connectivity index (χ2v) is 27.1. The molecule has 21 nitrogen and oxygen atoms in total. The van der Waals surface area contributed by atoms with E-state index >= 15 is 14.4 Å². The Balaban J connectivity index is 0.862. The summed E-state index contributed by atoms with van der Waals surface area (Å²) in [7, 11) is 0. The Morgan fingerprint density at radius 1 is 0.631 bits per heavy atom. The minimum absolute atomic E-state index is 0.0393. The van der Waals surface area contributed by atoms with Gasteiger partial charge >= 0.3 is 29.8 Å². The molecule has 2 aliphatic heterocycles. The minimum Gasteiger partial charge on any atom is -0.448 e. The van der Waals surface area contributed by atoms with E-state index in [1.165, 1.54) is 45.9 Å². The molecule has 0 saturated carbocycles. The third-order valence-electron chi connectivity index (χ3n) is 16.8. The average Bonchev–Trinajstić information content (AvgIpc) is 0.861. The zero-order valence-electron chi connectivity index (χ0n) is 54.7. The second kappa shape index (κ2) is 31.3. The van der Waals surface area contributed by atoms with E-state index < -0.39 is 93.9 Å². The molecule has 516 valence electrons. The maximum Gasteiger partial charge on any atom is 0.379 e. The van der Waals surface area contributed by atoms with Gasteiger partial charge in [-0.15, -0.1) is 51.8 Å². The number of aryl methyl sites for hydroxylation is 2. The fourth-order valence-electron chi connectivity index (χ4n) is 12.1. The molecular formula is C77H59Cl2N9O12S3. The lowest BCUT2D eigenvalue weighted by Crippen LogP contribution is -2.71. The van der Waals surface area contributed by atoms with Gasteiger partial charge in [0.15, 0.2) is 29.4 Å². The predicted octanol–water partition coefficient (Wildman–Crippen LogP) is 12.7. The van der Waals surface area contributed by atoms with E-state index in [0.717, 1.165) is 45.2 Å². The summed E-state index contributed by atoms with van der Waals surface area (Å²) in [4.78, 5) is 121. The summed E-state index contributed by atoms with van der Waals surface area (Å²) in [5.74, 6) is -8.27. The summed E-state index contributed by atoms with van der Waals surface area (Å²) in [5, 5.41) is 11.5. The molecule has 0 aliphatic carbocycles. The number of oxime groups is 1. The van der Waals surface area contributed by atoms with Crippen molar-refractivity contribution in [3.05, 3.63) is 314 Å². The molecule has 0 unspecified atom stereocenters. The number of anilines is 1. The predicted molar refractivity (Wildman–Crippen MR) is 390 cm³/mol. The first-order chi connectivity index (χ1) is 50.1. The molecule has 8 aromatic carbocycles. The van der Waals surface area contributed by atoms with Gasteiger partial charge in [-0.05, 0) is 82.1 Å². The monoisotopic (exact) mass is 1470 g/mol. The molecule has 26 heteroatoms. The summed E-state index contributed by atoms with van der Waals surface area (Å²) in [6, 6.07) is 68.3. The number of hydrogen-bond acceptors (Lipinski definition) is 21. The number of nitrogens with two attached hydrogens (primary N) is 1. The van der Waals surface area contributed by atoms with Crippen LogP contribution in [0.4, 0.5) is 5.00 Å². The molecule has 103 heavy (non-hydrogen) atoms. The Bertz CT molecular complexity index is 4910. The molecule has 13 rings (SSSR count). The number of thiazole rings is 1. The number of carbonyl (C=O) groups excluding carboxylic acids is 7. The smallest absolute Gasteiger partial charge is 0.379 e. The Labute approximate surface area is 612 Å². The van der Waals surface area contributed by atoms with Crippen LogP contribution in [0.5, 0.6) is 11.5 Å². The first kappa shape index (κ1) is 70.2. The van der Waals surface area contributed by atoms with Crippen LogP contribution >= 0.6 is 58.1 Å². The van der Waals surface area contributed by atoms with Crippen LogP contribution in [0.3, 0.4) is 0 Å². The van der Waals surface area contributed by atoms with Gasteiger partial charge < -0.3 is 34.8 Å². The number of β-lactam (4-membered cyclic amide) rings is 1. The molecule has 0 bridgehead atoms. The molecule has 0 radical (unpaired) electrons. The van der Waals surface area contributed by atoms with Gasteiger partial charge in [0.1, 0.15) is 49.6 Å². The van der Waals surface area contributed by atoms with Gasteiger partial charge in [-0.1, -0.05) is 229 Å². The van der Waals surface area contributed by atoms with Crippen LogP contribution in [-0.4, -0.2) is 112 Å². The van der Waals surface area contributed by atoms with Gasteiger partial charge in [-0.25, -0.2) is 24.4 Å². The van der Waals surface area contributed by atoms with E-state index in [-0.39, 0.29) is 56.4 Å². The molecule has 2 atom stereocenters. The average molecular weight is 1470 g/mol. The van der Waals surface area contributed by atoms with Gasteiger partial charge in [-0.3, -0.25) is 24.1 Å². The quantitative estimate of drug-likeness (QED) is 0.00543. The molecule has 2 amide bonds. The number of alkyl halides is 2. The molecule has 5 heterocycles. The Morgan fingerprint density at radius 3 is 1.60 bits per heavy atom. The van der Waals surface area contributed by atoms with Crippen LogP contribution in [0, 0.1) is 13.8 Å². The van der Waals surface area contributed by atoms with Crippen LogP contribution < -0.4 is 20.5 Å². The summed E-state index contributed by atoms with van der Waals surface area (Å²) in [6.07, 6.45) is -1.73. The second-order valence-electron chi connectivity index (χ2n) is 23.4. The molecule has 11 aromatic rings. The van der Waals surface area contributed by atoms with E-state index in [0.29, 0.717) is 32.4 Å². The van der Waals surface area contributed by atoms with Crippen molar-refractivity contribution in [1.82, 2.24) is 34.8 Å². The summed E-state index contributed by atoms with van der Waals surface area (Å²) >= 11 is 15.1. The van der Waals surface area contributed by atoms with E-state index in [2.05, 4.69) is 25.5 Å². The number of fused-ring (bicyclic) bond motifs is 2. The first-order valence-corrected chi connectivity index (χ1v) is 35.9. The van der Waals surface area contributed by atoms with Crippen molar-refractivity contribution in [1.29, 1.82) is 0 Å². The normalized spacial score (nSPS) is 14.4. The fraction of sp³-hybridized carbons (Fsp3) is 0.143. The number of nitrogen functional groups attached to an aromatic ring is 1. The molecule has 1 fully saturated rings. The largest absolute Gasteiger partial charge is 0.448 e. The van der Waals surface area contributed by atoms with Crippen LogP contribution in [0.15, 0.2) is 252 Å². The number of rotatable bonds is 24. The molecule has 0 spiro atoms. The fourth-order valence-corrected chi connectivity index (χ4v) is 15.8. The number of aromatic nitrogens is 5. The summed E-state index contributed by atoms with van der Waals surface area (Å²) in [5.41, 5.74) is 10.9. The van der Waals surface area contributed by atoms with Gasteiger partial charge in [0.2, 0.25) is 0 Å². The first-order valence-electron chi connectivity index (χ1n) is 32.0. The van der Waals surface area contributed by atoms with Gasteiger partial charge in [0, 0.05) is 17.2 Å². The minimum atomic E-state index is -1.37. The van der Waals surface area contributed by atoms with Gasteiger partial charge in [-0.2, -0.15) is 9.50 Å². The third-order valence-corrected chi connectivity index (χ3v) is 20.7. The number of ether oxygens (including phenoxy) is 4. The molecular weight excluding hydrogens is 1410 g/mol. The number of nitrogens with zero attached hydrogens (tertiary/aromatic N) is 7. The van der Waals surface area contributed by atoms with Crippen molar-refractivity contribution in [2.24, 2.45) is 5.16 Å². The topological polar surface area (TPSA) is 275 Å². The Kier molecular flexibility index (Phi) is 21.3. The third kappa shape index (κ3) is 14.8. The number of halogens is 2. The summed E-state index contributed by atoms with van der Waals surface area (Å²) in [6.45, 7) is 3.24. The van der Waals surface area contributed by atoms with Crippen molar-refractivity contribution >= 4 is 116 Å². The highest BCUT2D eigenvalue weighted by molar-refractivity contribution is 8.01. The number of carbonyl (C=O) groups is 7. The molecule has 2 aliphatic rings. The Hall–Kier alpha value is -11.3. The standard InChI is InChI=1S/C77H59Cl2N9O12S3/c1-45-38-56(96-59(89)41-78)57(97-60(90)42-79)40-55(45)72(93)100-86-62(61-67(80)103-75(83-61)77(52-32-18-7-19-33-52,53-34-20-8-21-35-53)54-36-22-9-23-37-54)69(91)82-63-70(92)87-64(73(94)98-65(47-24-10-3-11-25-47)48-26-12-4-13-27-48)51(44-102-71(63)87)43-101-58-39-46(2)81-76-84-68(85-88(58)76)74(95)99-66(49-28-14-5-15-29-49)50-30-16-6-17-31-50/h3-40,63,65-66,71H,41-44,80H2,1-2H3,(H,82,91)/t63-,71-/m1/s1. The molecule has 1 saturated heterocycles. The van der Waals surface area contributed by atoms with Crippen LogP contribution in [0.2, 0.25) is 0 Å². The van der Waals surface area contributed by atoms with Gasteiger partial charge in [0.05, 0.1) is 11.0 Å². The van der Waals surface area contributed by atoms with Crippen LogP contribution in [0.1, 0.15) is 94.1 Å². The number of thioether (sulfide) groups is 2. The maximum atomic E-state index is 15.6. The van der Waals surface area contributed by atoms with E-state index in [1.54, 1.807) is 13.0 Å². The van der Waals surface area contributed by atoms with Gasteiger partial charge in [0.25, 0.3) is 23.4 Å². The maximum absolute atomic E-state index is 15.6. The highest BCUT2D eigenvalue weighted by atomic mass is 35.5. The lowest BCUT2D eigenvalue weighted by Gasteiger charge is -2.49. The molecule has 3 N–H and O–H groups in total. The van der Waals surface area contributed by atoms with E-state index in [1.807, 2.05) is 212 Å². The van der Waals surface area contributed by atoms with E-state index in [9.17, 15) is 19.2 Å². The van der Waals surface area contributed by atoms with Crippen molar-refractivity contribution in [3.63, 3.8) is 0 Å². The van der Waals surface area contributed by atoms with E-state index in [4.69, 9.17) is 57.7 Å². The Morgan fingerprint density at radius 2 is 1.11 bits per heavy atom. The van der Waals surface area contributed by atoms with Crippen molar-refractivity contribution in [2.45, 2.75) is 47.9 Å². The number of benzene rings is 8. The molecule has 3 aromatic heterocycles. The van der Waals surface area contributed by atoms with Crippen molar-refractivity contribution in [2.75, 3.05) is 29.0 Å². The lowest BCUT2D eigenvalue weighted by molar-refractivity contribution is -0.154. The highest BCUT2D eigenvalue weighted by Gasteiger charge is 2.55. The number of amides is 2. The zero-order valence-corrected chi connectivity index (χ0v) is 58.6. The number of hydrogen-bond donors (Lipinski definition) is 2. The van der Waals surface area contributed by atoms with Crippen LogP contribution in [-0.2, 0) is 43.7 Å². The van der Waals surface area contributed by atoms with Crippen molar-refractivity contribution < 1.29 is 57.3 Å². The highest BCUT2D eigenvalue weighted by Crippen LogP contribution is 2.49.